The van der Waals surface area contributed by atoms with Gasteiger partial charge >= 0.3 is 17.9 Å². The number of hydrogen-bond donors (Lipinski definition) is 0. The summed E-state index contributed by atoms with van der Waals surface area (Å²) in [5.41, 5.74) is 0. The molecule has 0 saturated carbocycles. The first kappa shape index (κ1) is 23.3. The van der Waals surface area contributed by atoms with E-state index in [1.807, 2.05) is 12.1 Å². The molecule has 0 aromatic rings. The second-order valence-electron chi connectivity index (χ2n) is 6.40. The van der Waals surface area contributed by atoms with Crippen LogP contribution in [-0.2, 0) is 38.1 Å². The maximum Gasteiger partial charge on any atom is 0.303 e. The van der Waals surface area contributed by atoms with Gasteiger partial charge in [0, 0.05) is 27.9 Å². The van der Waals surface area contributed by atoms with Gasteiger partial charge in [0.05, 0.1) is 18.1 Å². The molecule has 0 N–H and O–H groups in total. The predicted molar refractivity (Wildman–Crippen MR) is 90.8 cm³/mol. The lowest BCUT2D eigenvalue weighted by atomic mass is 9.76. The normalized spacial score (nSPS) is 27.8. The van der Waals surface area contributed by atoms with Crippen molar-refractivity contribution in [2.24, 2.45) is 17.8 Å². The standard InChI is InChI=1S/C18H24N2O8/c1-9(13(6-19)7-20)15-17(27-12(4)23)16(26-11(3)22)14(8-25-10(2)21)28-18(15)24-5/h9,13-18H,8H2,1-5H3/t9?,14-,15-,16+,17-,18+/m1/s1. The minimum absolute atomic E-state index is 0.272. The van der Waals surface area contributed by atoms with Gasteiger partial charge in [0.1, 0.15) is 24.7 Å². The van der Waals surface area contributed by atoms with Crippen LogP contribution in [0.5, 0.6) is 0 Å². The smallest absolute Gasteiger partial charge is 0.303 e. The summed E-state index contributed by atoms with van der Waals surface area (Å²) in [6, 6.07) is 3.77. The number of carbonyl (C=O) groups is 3. The number of rotatable bonds is 7. The fraction of sp³-hybridized carbons (Fsp3) is 0.722. The molecular formula is C18H24N2O8. The zero-order valence-corrected chi connectivity index (χ0v) is 16.4. The molecule has 0 aliphatic carbocycles. The molecule has 0 radical (unpaired) electrons. The number of carbonyl (C=O) groups excluding carboxylic acids is 3. The molecule has 1 heterocycles. The lowest BCUT2D eigenvalue weighted by molar-refractivity contribution is -0.293. The van der Waals surface area contributed by atoms with E-state index in [0.29, 0.717) is 0 Å². The maximum atomic E-state index is 11.7. The van der Waals surface area contributed by atoms with Crippen LogP contribution in [0, 0.1) is 40.4 Å². The Labute approximate surface area is 163 Å². The van der Waals surface area contributed by atoms with E-state index in [0.717, 1.165) is 0 Å². The van der Waals surface area contributed by atoms with Crippen LogP contribution in [0.3, 0.4) is 0 Å². The highest BCUT2D eigenvalue weighted by Gasteiger charge is 2.53. The van der Waals surface area contributed by atoms with Gasteiger partial charge in [-0.15, -0.1) is 0 Å². The topological polar surface area (TPSA) is 145 Å². The Kier molecular flexibility index (Phi) is 8.83. The van der Waals surface area contributed by atoms with Gasteiger partial charge in [-0.2, -0.15) is 10.5 Å². The van der Waals surface area contributed by atoms with Crippen molar-refractivity contribution in [2.45, 2.75) is 52.3 Å². The molecule has 0 amide bonds. The Morgan fingerprint density at radius 2 is 1.54 bits per heavy atom. The number of nitriles is 2. The lowest BCUT2D eigenvalue weighted by Gasteiger charge is -2.46. The molecule has 0 spiro atoms. The Morgan fingerprint density at radius 1 is 1.00 bits per heavy atom. The maximum absolute atomic E-state index is 11.7. The van der Waals surface area contributed by atoms with Crippen molar-refractivity contribution >= 4 is 17.9 Å². The number of methoxy groups -OCH3 is 1. The Morgan fingerprint density at radius 3 is 1.96 bits per heavy atom. The van der Waals surface area contributed by atoms with Crippen LogP contribution in [0.15, 0.2) is 0 Å². The van der Waals surface area contributed by atoms with Gasteiger partial charge in [0.2, 0.25) is 0 Å². The highest BCUT2D eigenvalue weighted by molar-refractivity contribution is 5.67. The molecule has 10 heteroatoms. The lowest BCUT2D eigenvalue weighted by Crippen LogP contribution is -2.61. The molecule has 28 heavy (non-hydrogen) atoms. The van der Waals surface area contributed by atoms with Crippen molar-refractivity contribution in [2.75, 3.05) is 13.7 Å². The summed E-state index contributed by atoms with van der Waals surface area (Å²) in [5.74, 6) is -4.40. The monoisotopic (exact) mass is 396 g/mol. The molecule has 10 nitrogen and oxygen atoms in total. The minimum Gasteiger partial charge on any atom is -0.463 e. The van der Waals surface area contributed by atoms with Crippen molar-refractivity contribution in [3.8, 4) is 12.1 Å². The SMILES string of the molecule is CO[C@H]1O[C@H](COC(C)=O)[C@H](OC(C)=O)[C@H](OC(C)=O)[C@H]1C(C)C(C#N)C#N. The summed E-state index contributed by atoms with van der Waals surface area (Å²) >= 11 is 0. The molecule has 1 unspecified atom stereocenters. The van der Waals surface area contributed by atoms with Gasteiger partial charge in [0.25, 0.3) is 0 Å². The number of ether oxygens (including phenoxy) is 5. The fourth-order valence-electron chi connectivity index (χ4n) is 3.18. The summed E-state index contributed by atoms with van der Waals surface area (Å²) in [6.07, 6.45) is -4.19. The van der Waals surface area contributed by atoms with E-state index < -0.39 is 60.3 Å². The van der Waals surface area contributed by atoms with Gasteiger partial charge in [-0.25, -0.2) is 0 Å². The van der Waals surface area contributed by atoms with Gasteiger partial charge in [0.15, 0.2) is 12.4 Å². The fourth-order valence-corrected chi connectivity index (χ4v) is 3.18. The molecule has 1 rings (SSSR count). The molecule has 0 aromatic heterocycles. The number of nitrogens with zero attached hydrogens (tertiary/aromatic N) is 2. The van der Waals surface area contributed by atoms with Crippen LogP contribution < -0.4 is 0 Å². The van der Waals surface area contributed by atoms with Crippen molar-refractivity contribution < 1.29 is 38.1 Å². The van der Waals surface area contributed by atoms with Crippen molar-refractivity contribution in [1.82, 2.24) is 0 Å². The van der Waals surface area contributed by atoms with E-state index in [4.69, 9.17) is 23.7 Å². The Hall–Kier alpha value is -2.69. The second-order valence-corrected chi connectivity index (χ2v) is 6.40. The van der Waals surface area contributed by atoms with Gasteiger partial charge in [-0.3, -0.25) is 14.4 Å². The molecule has 0 bridgehead atoms. The molecule has 6 atom stereocenters. The molecule has 1 fully saturated rings. The molecular weight excluding hydrogens is 372 g/mol. The largest absolute Gasteiger partial charge is 0.463 e. The van der Waals surface area contributed by atoms with E-state index in [9.17, 15) is 24.9 Å². The highest BCUT2D eigenvalue weighted by atomic mass is 16.7. The first-order valence-electron chi connectivity index (χ1n) is 8.61. The molecule has 1 saturated heterocycles. The van der Waals surface area contributed by atoms with E-state index >= 15 is 0 Å². The van der Waals surface area contributed by atoms with E-state index in [-0.39, 0.29) is 6.61 Å². The van der Waals surface area contributed by atoms with E-state index in [1.54, 1.807) is 6.92 Å². The molecule has 1 aliphatic heterocycles. The number of hydrogen-bond acceptors (Lipinski definition) is 10. The summed E-state index contributed by atoms with van der Waals surface area (Å²) in [7, 11) is 1.35. The van der Waals surface area contributed by atoms with Crippen molar-refractivity contribution in [3.05, 3.63) is 0 Å². The van der Waals surface area contributed by atoms with Crippen molar-refractivity contribution in [1.29, 1.82) is 10.5 Å². The minimum atomic E-state index is -1.13. The van der Waals surface area contributed by atoms with Gasteiger partial charge in [-0.05, 0) is 5.92 Å². The van der Waals surface area contributed by atoms with Gasteiger partial charge < -0.3 is 23.7 Å². The van der Waals surface area contributed by atoms with Gasteiger partial charge in [-0.1, -0.05) is 6.92 Å². The predicted octanol–water partition coefficient (Wildman–Crippen LogP) is 0.700. The first-order valence-corrected chi connectivity index (χ1v) is 8.61. The van der Waals surface area contributed by atoms with Crippen molar-refractivity contribution in [3.63, 3.8) is 0 Å². The summed E-state index contributed by atoms with van der Waals surface area (Å²) in [4.78, 5) is 34.6. The number of esters is 3. The molecule has 0 aromatic carbocycles. The second kappa shape index (κ2) is 10.6. The molecule has 1 aliphatic rings. The summed E-state index contributed by atoms with van der Waals surface area (Å²) in [6.45, 7) is 4.89. The summed E-state index contributed by atoms with van der Waals surface area (Å²) < 4.78 is 26.8. The van der Waals surface area contributed by atoms with Crippen LogP contribution in [0.2, 0.25) is 0 Å². The first-order chi connectivity index (χ1) is 13.2. The van der Waals surface area contributed by atoms with Crippen LogP contribution in [0.1, 0.15) is 27.7 Å². The average Bonchev–Trinajstić information content (AvgIpc) is 2.61. The summed E-state index contributed by atoms with van der Waals surface area (Å²) in [5, 5.41) is 18.5. The zero-order chi connectivity index (χ0) is 21.4. The highest BCUT2D eigenvalue weighted by Crippen LogP contribution is 2.38. The van der Waals surface area contributed by atoms with Crippen LogP contribution in [0.25, 0.3) is 0 Å². The quantitative estimate of drug-likeness (QED) is 0.445. The zero-order valence-electron chi connectivity index (χ0n) is 16.4. The van der Waals surface area contributed by atoms with Crippen LogP contribution in [0.4, 0.5) is 0 Å². The van der Waals surface area contributed by atoms with Crippen LogP contribution >= 0.6 is 0 Å². The third kappa shape index (κ3) is 5.91. The third-order valence-electron chi connectivity index (χ3n) is 4.39. The third-order valence-corrected chi connectivity index (χ3v) is 4.39. The average molecular weight is 396 g/mol. The van der Waals surface area contributed by atoms with E-state index in [2.05, 4.69) is 0 Å². The Balaban J connectivity index is 3.37. The van der Waals surface area contributed by atoms with E-state index in [1.165, 1.54) is 27.9 Å². The molecule has 154 valence electrons. The Bertz CT molecular complexity index is 653. The van der Waals surface area contributed by atoms with Crippen LogP contribution in [-0.4, -0.2) is 56.2 Å².